The molecule has 1 saturated heterocycles. The summed E-state index contributed by atoms with van der Waals surface area (Å²) in [6, 6.07) is 4.49. The fourth-order valence-corrected chi connectivity index (χ4v) is 5.08. The van der Waals surface area contributed by atoms with Gasteiger partial charge in [0.05, 0.1) is 9.88 Å². The minimum Gasteiger partial charge on any atom is -0.352 e. The second-order valence-corrected chi connectivity index (χ2v) is 8.48. The number of hydrogen-bond acceptors (Lipinski definition) is 5. The lowest BCUT2D eigenvalue weighted by molar-refractivity contribution is -0.119. The molecule has 1 amide bonds. The first-order chi connectivity index (χ1) is 12.5. The fraction of sp³-hybridized carbons (Fsp3) is 0.500. The molecule has 3 N–H and O–H groups in total. The quantitative estimate of drug-likeness (QED) is 0.847. The van der Waals surface area contributed by atoms with Crippen molar-refractivity contribution in [2.45, 2.75) is 45.2 Å². The Morgan fingerprint density at radius 2 is 2.12 bits per heavy atom. The first-order valence-electron chi connectivity index (χ1n) is 9.37. The number of fused-ring (bicyclic) bond motifs is 1. The summed E-state index contributed by atoms with van der Waals surface area (Å²) in [6.45, 7) is 7.71. The molecular formula is C20H26N4OS. The lowest BCUT2D eigenvalue weighted by Gasteiger charge is -2.37. The summed E-state index contributed by atoms with van der Waals surface area (Å²) in [5.41, 5.74) is 11.4. The van der Waals surface area contributed by atoms with Crippen molar-refractivity contribution in [3.63, 3.8) is 0 Å². The van der Waals surface area contributed by atoms with E-state index in [0.29, 0.717) is 12.5 Å². The Morgan fingerprint density at radius 3 is 2.85 bits per heavy atom. The van der Waals surface area contributed by atoms with Crippen LogP contribution in [0.15, 0.2) is 18.3 Å². The summed E-state index contributed by atoms with van der Waals surface area (Å²) in [7, 11) is 0. The van der Waals surface area contributed by atoms with Gasteiger partial charge in [0.1, 0.15) is 0 Å². The number of thiazole rings is 1. The van der Waals surface area contributed by atoms with E-state index in [1.54, 1.807) is 6.92 Å². The number of likely N-dealkylation sites (N-methyl/N-ethyl adjacent to an activating group) is 1. The SMILES string of the molecule is CCN1CC(c2ncc(-c3ccc(CNC(C)=O)c4c3CC(N)C4)s2)C1. The van der Waals surface area contributed by atoms with Gasteiger partial charge in [-0.05, 0) is 41.6 Å². The number of rotatable bonds is 5. The average molecular weight is 371 g/mol. The minimum absolute atomic E-state index is 0.00107. The van der Waals surface area contributed by atoms with E-state index < -0.39 is 0 Å². The third-order valence-electron chi connectivity index (χ3n) is 5.53. The molecule has 0 saturated carbocycles. The monoisotopic (exact) mass is 370 g/mol. The lowest BCUT2D eigenvalue weighted by atomic mass is 9.97. The summed E-state index contributed by atoms with van der Waals surface area (Å²) in [6.07, 6.45) is 3.82. The van der Waals surface area contributed by atoms with Crippen LogP contribution in [0.5, 0.6) is 0 Å². The molecule has 1 fully saturated rings. The van der Waals surface area contributed by atoms with E-state index in [0.717, 1.165) is 32.5 Å². The highest BCUT2D eigenvalue weighted by molar-refractivity contribution is 7.15. The number of aromatic nitrogens is 1. The lowest BCUT2D eigenvalue weighted by Crippen LogP contribution is -2.44. The van der Waals surface area contributed by atoms with Gasteiger partial charge in [0.15, 0.2) is 0 Å². The van der Waals surface area contributed by atoms with Gasteiger partial charge in [0.2, 0.25) is 5.91 Å². The Hall–Kier alpha value is -1.76. The van der Waals surface area contributed by atoms with Crippen molar-refractivity contribution < 1.29 is 4.79 Å². The van der Waals surface area contributed by atoms with Crippen molar-refractivity contribution >= 4 is 17.2 Å². The number of benzene rings is 1. The number of nitrogens with two attached hydrogens (primary N) is 1. The molecule has 138 valence electrons. The smallest absolute Gasteiger partial charge is 0.217 e. The number of nitrogens with one attached hydrogen (secondary N) is 1. The predicted octanol–water partition coefficient (Wildman–Crippen LogP) is 2.29. The summed E-state index contributed by atoms with van der Waals surface area (Å²) in [4.78, 5) is 19.7. The van der Waals surface area contributed by atoms with E-state index in [9.17, 15) is 4.79 Å². The van der Waals surface area contributed by atoms with Gasteiger partial charge in [0.25, 0.3) is 0 Å². The van der Waals surface area contributed by atoms with Crippen LogP contribution in [0.25, 0.3) is 10.4 Å². The molecule has 2 heterocycles. The number of likely N-dealkylation sites (tertiary alicyclic amines) is 1. The molecule has 1 aromatic carbocycles. The molecule has 2 aliphatic rings. The van der Waals surface area contributed by atoms with Crippen LogP contribution >= 0.6 is 11.3 Å². The predicted molar refractivity (Wildman–Crippen MR) is 105 cm³/mol. The highest BCUT2D eigenvalue weighted by Gasteiger charge is 2.30. The highest BCUT2D eigenvalue weighted by Crippen LogP contribution is 2.39. The summed E-state index contributed by atoms with van der Waals surface area (Å²) in [5, 5.41) is 4.17. The number of nitrogens with zero attached hydrogens (tertiary/aromatic N) is 2. The zero-order valence-corrected chi connectivity index (χ0v) is 16.2. The molecule has 0 radical (unpaired) electrons. The number of carbonyl (C=O) groups excluding carboxylic acids is 1. The summed E-state index contributed by atoms with van der Waals surface area (Å²) < 4.78 is 0. The summed E-state index contributed by atoms with van der Waals surface area (Å²) >= 11 is 1.83. The second kappa shape index (κ2) is 7.10. The molecule has 26 heavy (non-hydrogen) atoms. The normalized spacial score (nSPS) is 20.0. The molecule has 6 heteroatoms. The van der Waals surface area contributed by atoms with E-state index >= 15 is 0 Å². The van der Waals surface area contributed by atoms with E-state index in [4.69, 9.17) is 10.7 Å². The van der Waals surface area contributed by atoms with Gasteiger partial charge in [-0.15, -0.1) is 11.3 Å². The highest BCUT2D eigenvalue weighted by atomic mass is 32.1. The third-order valence-corrected chi connectivity index (χ3v) is 6.72. The Balaban J connectivity index is 1.60. The second-order valence-electron chi connectivity index (χ2n) is 7.42. The molecule has 0 bridgehead atoms. The van der Waals surface area contributed by atoms with Crippen LogP contribution in [-0.2, 0) is 24.2 Å². The van der Waals surface area contributed by atoms with Crippen LogP contribution < -0.4 is 11.1 Å². The van der Waals surface area contributed by atoms with Crippen LogP contribution in [0.2, 0.25) is 0 Å². The van der Waals surface area contributed by atoms with Crippen LogP contribution in [0.4, 0.5) is 0 Å². The van der Waals surface area contributed by atoms with Gasteiger partial charge in [-0.1, -0.05) is 19.1 Å². The molecule has 1 unspecified atom stereocenters. The first kappa shape index (κ1) is 17.6. The first-order valence-corrected chi connectivity index (χ1v) is 10.2. The zero-order chi connectivity index (χ0) is 18.3. The number of carbonyl (C=O) groups is 1. The molecule has 2 aromatic rings. The van der Waals surface area contributed by atoms with Crippen LogP contribution in [0.3, 0.4) is 0 Å². The maximum atomic E-state index is 11.3. The Labute approximate surface area is 158 Å². The van der Waals surface area contributed by atoms with Crippen LogP contribution in [0, 0.1) is 0 Å². The third kappa shape index (κ3) is 3.29. The van der Waals surface area contributed by atoms with Crippen molar-refractivity contribution in [1.82, 2.24) is 15.2 Å². The van der Waals surface area contributed by atoms with E-state index in [2.05, 4.69) is 29.3 Å². The molecule has 1 aliphatic heterocycles. The standard InChI is InChI=1S/C20H26N4OS/c1-3-24-10-14(11-24)20-23-9-19(26-20)16-5-4-13(8-22-12(2)25)17-6-15(21)7-18(16)17/h4-5,9,14-15H,3,6-8,10-11,21H2,1-2H3,(H,22,25). The van der Waals surface area contributed by atoms with Gasteiger partial charge in [0, 0.05) is 44.7 Å². The molecule has 1 aromatic heterocycles. The van der Waals surface area contributed by atoms with Gasteiger partial charge in [-0.3, -0.25) is 4.79 Å². The number of hydrogen-bond donors (Lipinski definition) is 2. The van der Waals surface area contributed by atoms with E-state index in [1.165, 1.54) is 32.1 Å². The molecule has 5 nitrogen and oxygen atoms in total. The van der Waals surface area contributed by atoms with Crippen LogP contribution in [-0.4, -0.2) is 41.5 Å². The minimum atomic E-state index is -0.00107. The van der Waals surface area contributed by atoms with Crippen molar-refractivity contribution in [3.05, 3.63) is 40.0 Å². The van der Waals surface area contributed by atoms with E-state index in [1.807, 2.05) is 17.5 Å². The van der Waals surface area contributed by atoms with Crippen molar-refractivity contribution in [1.29, 1.82) is 0 Å². The number of amides is 1. The Kier molecular flexibility index (Phi) is 4.82. The Morgan fingerprint density at radius 1 is 1.35 bits per heavy atom. The van der Waals surface area contributed by atoms with Gasteiger partial charge >= 0.3 is 0 Å². The van der Waals surface area contributed by atoms with Crippen molar-refractivity contribution in [2.75, 3.05) is 19.6 Å². The summed E-state index contributed by atoms with van der Waals surface area (Å²) in [5.74, 6) is 0.585. The van der Waals surface area contributed by atoms with Gasteiger partial charge < -0.3 is 16.0 Å². The Bertz CT molecular complexity index is 825. The molecule has 4 rings (SSSR count). The largest absolute Gasteiger partial charge is 0.352 e. The van der Waals surface area contributed by atoms with E-state index in [-0.39, 0.29) is 11.9 Å². The fourth-order valence-electron chi connectivity index (χ4n) is 4.03. The molecule has 1 aliphatic carbocycles. The van der Waals surface area contributed by atoms with Crippen molar-refractivity contribution in [2.24, 2.45) is 5.73 Å². The topological polar surface area (TPSA) is 71.2 Å². The molecule has 0 spiro atoms. The molecule has 1 atom stereocenters. The molecular weight excluding hydrogens is 344 g/mol. The van der Waals surface area contributed by atoms with Gasteiger partial charge in [-0.25, -0.2) is 4.98 Å². The maximum Gasteiger partial charge on any atom is 0.217 e. The van der Waals surface area contributed by atoms with Gasteiger partial charge in [-0.2, -0.15) is 0 Å². The average Bonchev–Trinajstić information content (AvgIpc) is 3.18. The zero-order valence-electron chi connectivity index (χ0n) is 15.4. The van der Waals surface area contributed by atoms with Crippen molar-refractivity contribution in [3.8, 4) is 10.4 Å². The maximum absolute atomic E-state index is 11.3. The van der Waals surface area contributed by atoms with Crippen LogP contribution in [0.1, 0.15) is 41.5 Å².